The van der Waals surface area contributed by atoms with Gasteiger partial charge in [0.1, 0.15) is 0 Å². The first-order valence-corrected chi connectivity index (χ1v) is 10.7. The van der Waals surface area contributed by atoms with Gasteiger partial charge in [-0.3, -0.25) is 14.3 Å². The standard InChI is InChI=1S/C24H29N3O3.2ClH/c1-18-5-8-21(9-6-18)26-15-13-25(14-16-26)11-3-4-12-27-22-10-7-20(19(2)28)17-23(22)30-24(27)29;;/h5-10,17H,3-4,11-16H2,1-2H3;2*1H. The van der Waals surface area contributed by atoms with E-state index in [0.717, 1.165) is 51.1 Å². The Kier molecular flexibility index (Phi) is 9.37. The van der Waals surface area contributed by atoms with Crippen molar-refractivity contribution in [2.24, 2.45) is 0 Å². The van der Waals surface area contributed by atoms with Crippen molar-refractivity contribution in [3.63, 3.8) is 0 Å². The van der Waals surface area contributed by atoms with Gasteiger partial charge in [0.05, 0.1) is 5.52 Å². The first kappa shape index (κ1) is 26.0. The van der Waals surface area contributed by atoms with Gasteiger partial charge in [0.2, 0.25) is 0 Å². The second-order valence-electron chi connectivity index (χ2n) is 8.13. The van der Waals surface area contributed by atoms with Gasteiger partial charge in [-0.15, -0.1) is 24.8 Å². The molecule has 0 spiro atoms. The molecule has 6 nitrogen and oxygen atoms in total. The van der Waals surface area contributed by atoms with E-state index in [4.69, 9.17) is 4.42 Å². The van der Waals surface area contributed by atoms with Crippen LogP contribution in [0, 0.1) is 6.92 Å². The number of hydrogen-bond donors (Lipinski definition) is 0. The van der Waals surface area contributed by atoms with Crippen molar-refractivity contribution >= 4 is 47.4 Å². The largest absolute Gasteiger partial charge is 0.419 e. The normalized spacial score (nSPS) is 14.1. The molecule has 2 heterocycles. The number of anilines is 1. The molecule has 0 amide bonds. The number of unbranched alkanes of at least 4 members (excludes halogenated alkanes) is 1. The molecular formula is C24H31Cl2N3O3. The van der Waals surface area contributed by atoms with Crippen LogP contribution in [0.3, 0.4) is 0 Å². The maximum Gasteiger partial charge on any atom is 0.419 e. The van der Waals surface area contributed by atoms with Gasteiger partial charge in [-0.1, -0.05) is 17.7 Å². The van der Waals surface area contributed by atoms with Crippen molar-refractivity contribution in [2.75, 3.05) is 37.6 Å². The summed E-state index contributed by atoms with van der Waals surface area (Å²) in [6, 6.07) is 14.0. The van der Waals surface area contributed by atoms with Gasteiger partial charge in [0.25, 0.3) is 0 Å². The van der Waals surface area contributed by atoms with Crippen molar-refractivity contribution in [1.29, 1.82) is 0 Å². The second kappa shape index (κ2) is 11.5. The zero-order chi connectivity index (χ0) is 21.1. The Morgan fingerprint density at radius 2 is 1.59 bits per heavy atom. The van der Waals surface area contributed by atoms with Crippen molar-refractivity contribution in [3.8, 4) is 0 Å². The van der Waals surface area contributed by atoms with Gasteiger partial charge in [-0.25, -0.2) is 4.79 Å². The molecule has 0 radical (unpaired) electrons. The molecule has 0 N–H and O–H groups in total. The Morgan fingerprint density at radius 1 is 0.938 bits per heavy atom. The van der Waals surface area contributed by atoms with Gasteiger partial charge in [0, 0.05) is 44.0 Å². The molecule has 1 aliphatic rings. The zero-order valence-corrected chi connectivity index (χ0v) is 20.2. The Balaban J connectivity index is 0.00000181. The Bertz CT molecular complexity index is 1080. The molecule has 0 atom stereocenters. The molecule has 1 saturated heterocycles. The number of halogens is 2. The maximum absolute atomic E-state index is 12.2. The van der Waals surface area contributed by atoms with Gasteiger partial charge >= 0.3 is 5.76 Å². The summed E-state index contributed by atoms with van der Waals surface area (Å²) < 4.78 is 7.01. The minimum atomic E-state index is -0.350. The topological polar surface area (TPSA) is 58.7 Å². The molecule has 32 heavy (non-hydrogen) atoms. The Morgan fingerprint density at radius 3 is 2.25 bits per heavy atom. The molecule has 0 bridgehead atoms. The third-order valence-electron chi connectivity index (χ3n) is 5.95. The van der Waals surface area contributed by atoms with Crippen LogP contribution in [0.2, 0.25) is 0 Å². The summed E-state index contributed by atoms with van der Waals surface area (Å²) >= 11 is 0. The lowest BCUT2D eigenvalue weighted by Crippen LogP contribution is -2.46. The molecule has 1 aromatic heterocycles. The van der Waals surface area contributed by atoms with Crippen LogP contribution in [-0.2, 0) is 6.54 Å². The molecule has 2 aromatic carbocycles. The first-order chi connectivity index (χ1) is 14.5. The number of benzene rings is 2. The fourth-order valence-electron chi connectivity index (χ4n) is 4.09. The fraction of sp³-hybridized carbons (Fsp3) is 0.417. The molecule has 8 heteroatoms. The van der Waals surface area contributed by atoms with Crippen LogP contribution in [0.5, 0.6) is 0 Å². The second-order valence-corrected chi connectivity index (χ2v) is 8.13. The van der Waals surface area contributed by atoms with Crippen molar-refractivity contribution < 1.29 is 9.21 Å². The van der Waals surface area contributed by atoms with E-state index < -0.39 is 0 Å². The predicted molar refractivity (Wildman–Crippen MR) is 134 cm³/mol. The number of Topliss-reactive ketones (excluding diaryl/α,β-unsaturated/α-hetero) is 1. The van der Waals surface area contributed by atoms with E-state index in [9.17, 15) is 9.59 Å². The highest BCUT2D eigenvalue weighted by Crippen LogP contribution is 2.18. The number of ketones is 1. The summed E-state index contributed by atoms with van der Waals surface area (Å²) in [5, 5.41) is 0. The van der Waals surface area contributed by atoms with E-state index in [1.807, 2.05) is 0 Å². The van der Waals surface area contributed by atoms with Crippen LogP contribution in [0.15, 0.2) is 51.7 Å². The number of piperazine rings is 1. The van der Waals surface area contributed by atoms with Gasteiger partial charge < -0.3 is 9.32 Å². The van der Waals surface area contributed by atoms with Crippen molar-refractivity contribution in [1.82, 2.24) is 9.47 Å². The molecule has 174 valence electrons. The number of aromatic nitrogens is 1. The summed E-state index contributed by atoms with van der Waals surface area (Å²) in [4.78, 5) is 28.7. The van der Waals surface area contributed by atoms with E-state index in [-0.39, 0.29) is 36.4 Å². The number of aryl methyl sites for hydroxylation is 2. The molecule has 1 fully saturated rings. The quantitative estimate of drug-likeness (QED) is 0.367. The maximum atomic E-state index is 12.2. The third-order valence-corrected chi connectivity index (χ3v) is 5.95. The third kappa shape index (κ3) is 5.94. The molecular weight excluding hydrogens is 449 g/mol. The molecule has 1 aliphatic heterocycles. The van der Waals surface area contributed by atoms with Crippen LogP contribution in [0.1, 0.15) is 35.7 Å². The van der Waals surface area contributed by atoms with Crippen LogP contribution < -0.4 is 10.7 Å². The minimum absolute atomic E-state index is 0. The van der Waals surface area contributed by atoms with E-state index in [0.29, 0.717) is 17.7 Å². The monoisotopic (exact) mass is 479 g/mol. The summed E-state index contributed by atoms with van der Waals surface area (Å²) in [5.74, 6) is -0.382. The molecule has 0 aliphatic carbocycles. The Labute approximate surface area is 201 Å². The lowest BCUT2D eigenvalue weighted by atomic mass is 10.1. The number of carbonyl (C=O) groups excluding carboxylic acids is 1. The minimum Gasteiger partial charge on any atom is -0.408 e. The number of rotatable bonds is 7. The lowest BCUT2D eigenvalue weighted by Gasteiger charge is -2.36. The van der Waals surface area contributed by atoms with E-state index in [1.54, 1.807) is 22.8 Å². The summed E-state index contributed by atoms with van der Waals surface area (Å²) in [7, 11) is 0. The predicted octanol–water partition coefficient (Wildman–Crippen LogP) is 4.55. The van der Waals surface area contributed by atoms with Crippen LogP contribution in [-0.4, -0.2) is 48.0 Å². The summed E-state index contributed by atoms with van der Waals surface area (Å²) in [5.41, 5.74) is 4.41. The highest BCUT2D eigenvalue weighted by Gasteiger charge is 2.17. The lowest BCUT2D eigenvalue weighted by molar-refractivity contribution is 0.101. The average Bonchev–Trinajstić information content (AvgIpc) is 3.06. The van der Waals surface area contributed by atoms with Crippen LogP contribution in [0.4, 0.5) is 5.69 Å². The molecule has 0 saturated carbocycles. The molecule has 0 unspecified atom stereocenters. The van der Waals surface area contributed by atoms with E-state index in [2.05, 4.69) is 41.0 Å². The number of fused-ring (bicyclic) bond motifs is 1. The number of carbonyl (C=O) groups is 1. The Hall–Kier alpha value is -2.28. The van der Waals surface area contributed by atoms with Gasteiger partial charge in [0.15, 0.2) is 11.4 Å². The summed E-state index contributed by atoms with van der Waals surface area (Å²) in [6.45, 7) is 9.53. The molecule has 4 rings (SSSR count). The highest BCUT2D eigenvalue weighted by atomic mass is 35.5. The summed E-state index contributed by atoms with van der Waals surface area (Å²) in [6.07, 6.45) is 1.95. The van der Waals surface area contributed by atoms with Gasteiger partial charge in [-0.05, 0) is 63.6 Å². The number of oxazole rings is 1. The number of nitrogens with zero attached hydrogens (tertiary/aromatic N) is 3. The smallest absolute Gasteiger partial charge is 0.408 e. The average molecular weight is 480 g/mol. The SMILES string of the molecule is CC(=O)c1ccc2c(c1)oc(=O)n2CCCCN1CCN(c2ccc(C)cc2)CC1.Cl.Cl. The molecule has 3 aromatic rings. The van der Waals surface area contributed by atoms with Crippen molar-refractivity contribution in [3.05, 3.63) is 64.1 Å². The fourth-order valence-corrected chi connectivity index (χ4v) is 4.09. The highest BCUT2D eigenvalue weighted by molar-refractivity contribution is 5.96. The van der Waals surface area contributed by atoms with E-state index in [1.165, 1.54) is 18.2 Å². The van der Waals surface area contributed by atoms with Crippen LogP contribution in [0.25, 0.3) is 11.1 Å². The van der Waals surface area contributed by atoms with Crippen LogP contribution >= 0.6 is 24.8 Å². The first-order valence-electron chi connectivity index (χ1n) is 10.7. The number of hydrogen-bond acceptors (Lipinski definition) is 5. The van der Waals surface area contributed by atoms with E-state index >= 15 is 0 Å². The van der Waals surface area contributed by atoms with Gasteiger partial charge in [-0.2, -0.15) is 0 Å². The zero-order valence-electron chi connectivity index (χ0n) is 18.6. The van der Waals surface area contributed by atoms with Crippen molar-refractivity contribution in [2.45, 2.75) is 33.2 Å².